The molecule has 21 heavy (non-hydrogen) atoms. The highest BCUT2D eigenvalue weighted by molar-refractivity contribution is 5.78. The Balaban J connectivity index is 2.06. The van der Waals surface area contributed by atoms with Crippen LogP contribution in [0.4, 0.5) is 0 Å². The molecule has 0 aromatic heterocycles. The van der Waals surface area contributed by atoms with E-state index in [-0.39, 0.29) is 5.91 Å². The maximum Gasteiger partial charge on any atom is 0.223 e. The maximum absolute atomic E-state index is 12.0. The van der Waals surface area contributed by atoms with Crippen molar-refractivity contribution in [3.05, 3.63) is 29.3 Å². The summed E-state index contributed by atoms with van der Waals surface area (Å²) in [7, 11) is 1.60. The van der Waals surface area contributed by atoms with Gasteiger partial charge in [0.1, 0.15) is 11.9 Å². The SMILES string of the molecule is CCCC1CC(=O)N(CC(O)c2cc(C)ccc2OC)C1. The number of ether oxygens (including phenoxy) is 1. The summed E-state index contributed by atoms with van der Waals surface area (Å²) in [6.45, 7) is 5.23. The molecule has 1 amide bonds. The van der Waals surface area contributed by atoms with Crippen molar-refractivity contribution in [2.45, 2.75) is 39.2 Å². The molecule has 1 aromatic carbocycles. The number of carbonyl (C=O) groups is 1. The highest BCUT2D eigenvalue weighted by atomic mass is 16.5. The van der Waals surface area contributed by atoms with Gasteiger partial charge in [0.2, 0.25) is 5.91 Å². The van der Waals surface area contributed by atoms with Crippen molar-refractivity contribution in [2.75, 3.05) is 20.2 Å². The fraction of sp³-hybridized carbons (Fsp3) is 0.588. The zero-order valence-corrected chi connectivity index (χ0v) is 13.1. The number of aliphatic hydroxyl groups is 1. The minimum atomic E-state index is -0.704. The van der Waals surface area contributed by atoms with Gasteiger partial charge in [0.25, 0.3) is 0 Å². The van der Waals surface area contributed by atoms with E-state index in [1.54, 1.807) is 12.0 Å². The van der Waals surface area contributed by atoms with Crippen molar-refractivity contribution in [3.63, 3.8) is 0 Å². The molecule has 1 saturated heterocycles. The van der Waals surface area contributed by atoms with Gasteiger partial charge in [-0.05, 0) is 31.4 Å². The highest BCUT2D eigenvalue weighted by Gasteiger charge is 2.30. The summed E-state index contributed by atoms with van der Waals surface area (Å²) in [5.74, 6) is 1.26. The number of benzene rings is 1. The Morgan fingerprint density at radius 1 is 1.48 bits per heavy atom. The van der Waals surface area contributed by atoms with E-state index in [1.165, 1.54) is 0 Å². The second kappa shape index (κ2) is 6.94. The van der Waals surface area contributed by atoms with Gasteiger partial charge in [-0.2, -0.15) is 0 Å². The Hall–Kier alpha value is -1.55. The van der Waals surface area contributed by atoms with Gasteiger partial charge < -0.3 is 14.7 Å². The number of aryl methyl sites for hydroxylation is 1. The van der Waals surface area contributed by atoms with Gasteiger partial charge in [0, 0.05) is 18.5 Å². The lowest BCUT2D eigenvalue weighted by Crippen LogP contribution is -2.30. The van der Waals surface area contributed by atoms with E-state index in [4.69, 9.17) is 4.74 Å². The summed E-state index contributed by atoms with van der Waals surface area (Å²) < 4.78 is 5.31. The van der Waals surface area contributed by atoms with Crippen LogP contribution >= 0.6 is 0 Å². The van der Waals surface area contributed by atoms with Gasteiger partial charge in [-0.3, -0.25) is 4.79 Å². The molecule has 4 nitrogen and oxygen atoms in total. The number of likely N-dealkylation sites (tertiary alicyclic amines) is 1. The van der Waals surface area contributed by atoms with Crippen LogP contribution in [0.3, 0.4) is 0 Å². The number of β-amino-alcohol motifs (C(OH)–C–C–N with tert-alkyl or cyclic N) is 1. The van der Waals surface area contributed by atoms with Crippen molar-refractivity contribution in [1.82, 2.24) is 4.90 Å². The third kappa shape index (κ3) is 3.76. The normalized spacial score (nSPS) is 19.9. The lowest BCUT2D eigenvalue weighted by molar-refractivity contribution is -0.129. The molecule has 0 spiro atoms. The number of amides is 1. The molecule has 2 unspecified atom stereocenters. The van der Waals surface area contributed by atoms with Crippen LogP contribution in [0.2, 0.25) is 0 Å². The quantitative estimate of drug-likeness (QED) is 0.876. The topological polar surface area (TPSA) is 49.8 Å². The standard InChI is InChI=1S/C17H25NO3/c1-4-5-13-9-17(20)18(10-13)11-15(19)14-8-12(2)6-7-16(14)21-3/h6-8,13,15,19H,4-5,9-11H2,1-3H3. The minimum absolute atomic E-state index is 0.152. The lowest BCUT2D eigenvalue weighted by Gasteiger charge is -2.22. The fourth-order valence-electron chi connectivity index (χ4n) is 3.05. The number of aliphatic hydroxyl groups excluding tert-OH is 1. The van der Waals surface area contributed by atoms with Crippen LogP contribution < -0.4 is 4.74 Å². The Morgan fingerprint density at radius 3 is 2.90 bits per heavy atom. The molecule has 0 saturated carbocycles. The first-order valence-corrected chi connectivity index (χ1v) is 7.65. The molecule has 1 heterocycles. The van der Waals surface area contributed by atoms with E-state index < -0.39 is 6.10 Å². The van der Waals surface area contributed by atoms with Gasteiger partial charge in [-0.15, -0.1) is 0 Å². The van der Waals surface area contributed by atoms with E-state index >= 15 is 0 Å². The third-order valence-electron chi connectivity index (χ3n) is 4.13. The molecule has 0 radical (unpaired) electrons. The van der Waals surface area contributed by atoms with Crippen LogP contribution in [0, 0.1) is 12.8 Å². The van der Waals surface area contributed by atoms with Crippen molar-refractivity contribution >= 4 is 5.91 Å². The van der Waals surface area contributed by atoms with Crippen LogP contribution in [0.1, 0.15) is 43.4 Å². The van der Waals surface area contributed by atoms with E-state index in [0.717, 1.165) is 30.5 Å². The average molecular weight is 291 g/mol. The molecule has 1 aromatic rings. The van der Waals surface area contributed by atoms with Crippen molar-refractivity contribution in [2.24, 2.45) is 5.92 Å². The van der Waals surface area contributed by atoms with Crippen molar-refractivity contribution < 1.29 is 14.6 Å². The predicted molar refractivity (Wildman–Crippen MR) is 82.3 cm³/mol. The first kappa shape index (κ1) is 15.8. The molecule has 1 aliphatic rings. The molecule has 2 rings (SSSR count). The second-order valence-electron chi connectivity index (χ2n) is 5.92. The Kier molecular flexibility index (Phi) is 5.23. The van der Waals surface area contributed by atoms with Gasteiger partial charge in [-0.25, -0.2) is 0 Å². The number of hydrogen-bond donors (Lipinski definition) is 1. The monoisotopic (exact) mass is 291 g/mol. The zero-order chi connectivity index (χ0) is 15.4. The number of nitrogens with zero attached hydrogens (tertiary/aromatic N) is 1. The number of hydrogen-bond acceptors (Lipinski definition) is 3. The highest BCUT2D eigenvalue weighted by Crippen LogP contribution is 2.29. The van der Waals surface area contributed by atoms with Gasteiger partial charge in [0.15, 0.2) is 0 Å². The van der Waals surface area contributed by atoms with E-state index in [9.17, 15) is 9.90 Å². The average Bonchev–Trinajstić information content (AvgIpc) is 2.79. The summed E-state index contributed by atoms with van der Waals surface area (Å²) in [5.41, 5.74) is 1.82. The van der Waals surface area contributed by atoms with Crippen LogP contribution in [0.15, 0.2) is 18.2 Å². The number of rotatable bonds is 6. The molecule has 1 fully saturated rings. The summed E-state index contributed by atoms with van der Waals surface area (Å²) in [6.07, 6.45) is 2.08. The van der Waals surface area contributed by atoms with Gasteiger partial charge in [0.05, 0.1) is 13.7 Å². The summed E-state index contributed by atoms with van der Waals surface area (Å²) in [6, 6.07) is 5.74. The molecule has 116 valence electrons. The number of carbonyl (C=O) groups excluding carboxylic acids is 1. The maximum atomic E-state index is 12.0. The zero-order valence-electron chi connectivity index (χ0n) is 13.1. The van der Waals surface area contributed by atoms with E-state index in [0.29, 0.717) is 24.6 Å². The van der Waals surface area contributed by atoms with Crippen molar-refractivity contribution in [3.8, 4) is 5.75 Å². The molecule has 1 N–H and O–H groups in total. The van der Waals surface area contributed by atoms with Crippen LogP contribution in [-0.2, 0) is 4.79 Å². The summed E-state index contributed by atoms with van der Waals surface area (Å²) in [5, 5.41) is 10.5. The first-order valence-electron chi connectivity index (χ1n) is 7.65. The van der Waals surface area contributed by atoms with Gasteiger partial charge >= 0.3 is 0 Å². The third-order valence-corrected chi connectivity index (χ3v) is 4.13. The number of methoxy groups -OCH3 is 1. The minimum Gasteiger partial charge on any atom is -0.496 e. The predicted octanol–water partition coefficient (Wildman–Crippen LogP) is 2.69. The van der Waals surface area contributed by atoms with Crippen LogP contribution in [0.5, 0.6) is 5.75 Å². The van der Waals surface area contributed by atoms with E-state index in [2.05, 4.69) is 6.92 Å². The largest absolute Gasteiger partial charge is 0.496 e. The van der Waals surface area contributed by atoms with E-state index in [1.807, 2.05) is 25.1 Å². The van der Waals surface area contributed by atoms with Crippen molar-refractivity contribution in [1.29, 1.82) is 0 Å². The Morgan fingerprint density at radius 2 is 2.24 bits per heavy atom. The second-order valence-corrected chi connectivity index (χ2v) is 5.92. The molecule has 0 bridgehead atoms. The lowest BCUT2D eigenvalue weighted by atomic mass is 10.0. The molecule has 2 atom stereocenters. The molecule has 1 aliphatic heterocycles. The fourth-order valence-corrected chi connectivity index (χ4v) is 3.05. The van der Waals surface area contributed by atoms with Gasteiger partial charge in [-0.1, -0.05) is 25.0 Å². The first-order chi connectivity index (χ1) is 10.0. The van der Waals surface area contributed by atoms with Crippen LogP contribution in [0.25, 0.3) is 0 Å². The summed E-state index contributed by atoms with van der Waals surface area (Å²) in [4.78, 5) is 13.8. The smallest absolute Gasteiger partial charge is 0.223 e. The Labute approximate surface area is 126 Å². The molecule has 0 aliphatic carbocycles. The molecular formula is C17H25NO3. The Bertz CT molecular complexity index is 501. The van der Waals surface area contributed by atoms with Crippen LogP contribution in [-0.4, -0.2) is 36.1 Å². The molecule has 4 heteroatoms. The molecular weight excluding hydrogens is 266 g/mol. The summed E-state index contributed by atoms with van der Waals surface area (Å²) >= 11 is 0.